The van der Waals surface area contributed by atoms with Crippen LogP contribution < -0.4 is 15.4 Å². The molecule has 1 aliphatic rings. The van der Waals surface area contributed by atoms with Gasteiger partial charge in [0.15, 0.2) is 5.11 Å². The molecule has 0 unspecified atom stereocenters. The van der Waals surface area contributed by atoms with E-state index in [0.717, 1.165) is 48.9 Å². The summed E-state index contributed by atoms with van der Waals surface area (Å²) in [5, 5.41) is 6.99. The number of aryl methyl sites for hydroxylation is 1. The third-order valence-electron chi connectivity index (χ3n) is 5.23. The van der Waals surface area contributed by atoms with Gasteiger partial charge in [-0.05, 0) is 55.4 Å². The van der Waals surface area contributed by atoms with Gasteiger partial charge in [0.05, 0.1) is 13.7 Å². The molecule has 29 heavy (non-hydrogen) atoms. The molecule has 2 N–H and O–H groups in total. The van der Waals surface area contributed by atoms with Gasteiger partial charge in [-0.25, -0.2) is 0 Å². The second-order valence-electron chi connectivity index (χ2n) is 7.22. The Labute approximate surface area is 177 Å². The highest BCUT2D eigenvalue weighted by molar-refractivity contribution is 7.80. The van der Waals surface area contributed by atoms with E-state index in [9.17, 15) is 4.79 Å². The van der Waals surface area contributed by atoms with Crippen molar-refractivity contribution < 1.29 is 9.53 Å². The van der Waals surface area contributed by atoms with Crippen LogP contribution in [0.1, 0.15) is 11.1 Å². The van der Waals surface area contributed by atoms with E-state index in [0.29, 0.717) is 11.7 Å². The summed E-state index contributed by atoms with van der Waals surface area (Å²) in [6, 6.07) is 13.7. The number of carbonyl (C=O) groups is 1. The quantitative estimate of drug-likeness (QED) is 0.736. The van der Waals surface area contributed by atoms with Crippen molar-refractivity contribution >= 4 is 34.6 Å². The van der Waals surface area contributed by atoms with E-state index >= 15 is 0 Å². The molecule has 1 fully saturated rings. The van der Waals surface area contributed by atoms with Crippen molar-refractivity contribution in [1.82, 2.24) is 9.80 Å². The minimum Gasteiger partial charge on any atom is -0.497 e. The van der Waals surface area contributed by atoms with Crippen LogP contribution in [0, 0.1) is 13.8 Å². The molecule has 0 atom stereocenters. The van der Waals surface area contributed by atoms with Crippen molar-refractivity contribution in [3.05, 3.63) is 53.6 Å². The number of thiocarbonyl (C=S) groups is 1. The molecule has 0 radical (unpaired) electrons. The number of amides is 1. The Kier molecular flexibility index (Phi) is 7.06. The van der Waals surface area contributed by atoms with Crippen molar-refractivity contribution in [3.8, 4) is 5.75 Å². The lowest BCUT2D eigenvalue weighted by atomic mass is 10.1. The monoisotopic (exact) mass is 412 g/mol. The van der Waals surface area contributed by atoms with E-state index in [-0.39, 0.29) is 5.91 Å². The Morgan fingerprint density at radius 3 is 2.52 bits per heavy atom. The summed E-state index contributed by atoms with van der Waals surface area (Å²) in [5.74, 6) is 0.807. The Morgan fingerprint density at radius 2 is 1.79 bits per heavy atom. The number of carbonyl (C=O) groups excluding carboxylic acids is 1. The zero-order valence-electron chi connectivity index (χ0n) is 17.2. The molecule has 0 spiro atoms. The first-order chi connectivity index (χ1) is 14.0. The van der Waals surface area contributed by atoms with E-state index < -0.39 is 0 Å². The van der Waals surface area contributed by atoms with E-state index in [1.807, 2.05) is 56.3 Å². The highest BCUT2D eigenvalue weighted by Crippen LogP contribution is 2.19. The summed E-state index contributed by atoms with van der Waals surface area (Å²) in [4.78, 5) is 16.7. The molecule has 6 nitrogen and oxygen atoms in total. The summed E-state index contributed by atoms with van der Waals surface area (Å²) < 4.78 is 5.25. The van der Waals surface area contributed by atoms with Crippen LogP contribution in [-0.4, -0.2) is 60.7 Å². The number of hydrogen-bond donors (Lipinski definition) is 2. The first-order valence-electron chi connectivity index (χ1n) is 9.74. The predicted octanol–water partition coefficient (Wildman–Crippen LogP) is 3.27. The lowest BCUT2D eigenvalue weighted by Crippen LogP contribution is -2.51. The van der Waals surface area contributed by atoms with Gasteiger partial charge < -0.3 is 20.3 Å². The molecule has 7 heteroatoms. The van der Waals surface area contributed by atoms with Crippen LogP contribution >= 0.6 is 12.2 Å². The van der Waals surface area contributed by atoms with Gasteiger partial charge in [-0.2, -0.15) is 0 Å². The minimum absolute atomic E-state index is 0.0178. The molecule has 0 saturated carbocycles. The standard InChI is InChI=1S/C22H28N4O2S/c1-16-6-4-9-20(17(16)2)24-21(27)15-25-10-12-26(13-11-25)22(29)23-18-7-5-8-19(14-18)28-3/h4-9,14H,10-13,15H2,1-3H3,(H,23,29)(H,24,27). The Bertz CT molecular complexity index is 879. The molecule has 1 aliphatic heterocycles. The van der Waals surface area contributed by atoms with Crippen LogP contribution in [0.4, 0.5) is 11.4 Å². The second kappa shape index (κ2) is 9.71. The normalized spacial score (nSPS) is 14.4. The van der Waals surface area contributed by atoms with Gasteiger partial charge in [0.25, 0.3) is 0 Å². The van der Waals surface area contributed by atoms with Gasteiger partial charge in [0.2, 0.25) is 5.91 Å². The molecule has 154 valence electrons. The van der Waals surface area contributed by atoms with Crippen LogP contribution in [0.5, 0.6) is 5.75 Å². The number of nitrogens with one attached hydrogen (secondary N) is 2. The number of methoxy groups -OCH3 is 1. The molecule has 1 amide bonds. The molecule has 0 aliphatic carbocycles. The summed E-state index contributed by atoms with van der Waals surface area (Å²) >= 11 is 5.55. The van der Waals surface area contributed by atoms with Crippen LogP contribution in [0.25, 0.3) is 0 Å². The molecule has 0 bridgehead atoms. The van der Waals surface area contributed by atoms with E-state index in [1.165, 1.54) is 5.56 Å². The molecule has 2 aromatic rings. The number of benzene rings is 2. The number of rotatable bonds is 5. The van der Waals surface area contributed by atoms with Crippen LogP contribution in [0.3, 0.4) is 0 Å². The van der Waals surface area contributed by atoms with Crippen molar-refractivity contribution in [3.63, 3.8) is 0 Å². The van der Waals surface area contributed by atoms with E-state index in [1.54, 1.807) is 7.11 Å². The zero-order chi connectivity index (χ0) is 20.8. The van der Waals surface area contributed by atoms with Crippen LogP contribution in [0.15, 0.2) is 42.5 Å². The Morgan fingerprint density at radius 1 is 1.07 bits per heavy atom. The lowest BCUT2D eigenvalue weighted by Gasteiger charge is -2.35. The third-order valence-corrected chi connectivity index (χ3v) is 5.59. The summed E-state index contributed by atoms with van der Waals surface area (Å²) in [7, 11) is 1.65. The fourth-order valence-corrected chi connectivity index (χ4v) is 3.59. The summed E-state index contributed by atoms with van der Waals surface area (Å²) in [6.07, 6.45) is 0. The first-order valence-corrected chi connectivity index (χ1v) is 10.2. The maximum Gasteiger partial charge on any atom is 0.238 e. The maximum absolute atomic E-state index is 12.4. The number of ether oxygens (including phenoxy) is 1. The molecule has 3 rings (SSSR count). The van der Waals surface area contributed by atoms with Crippen molar-refractivity contribution in [1.29, 1.82) is 0 Å². The minimum atomic E-state index is 0.0178. The van der Waals surface area contributed by atoms with Crippen LogP contribution in [-0.2, 0) is 4.79 Å². The van der Waals surface area contributed by atoms with Crippen molar-refractivity contribution in [2.75, 3.05) is 50.5 Å². The molecule has 2 aromatic carbocycles. The SMILES string of the molecule is COc1cccc(NC(=S)N2CCN(CC(=O)Nc3cccc(C)c3C)CC2)c1. The van der Waals surface area contributed by atoms with Gasteiger partial charge in [-0.15, -0.1) is 0 Å². The van der Waals surface area contributed by atoms with Crippen molar-refractivity contribution in [2.45, 2.75) is 13.8 Å². The highest BCUT2D eigenvalue weighted by Gasteiger charge is 2.21. The largest absolute Gasteiger partial charge is 0.497 e. The predicted molar refractivity (Wildman–Crippen MR) is 122 cm³/mol. The Hall–Kier alpha value is -2.64. The molecule has 1 saturated heterocycles. The maximum atomic E-state index is 12.4. The Balaban J connectivity index is 1.46. The van der Waals surface area contributed by atoms with E-state index in [4.69, 9.17) is 17.0 Å². The number of piperazine rings is 1. The number of anilines is 2. The molecule has 1 heterocycles. The smallest absolute Gasteiger partial charge is 0.238 e. The van der Waals surface area contributed by atoms with Gasteiger partial charge in [0, 0.05) is 43.6 Å². The summed E-state index contributed by atoms with van der Waals surface area (Å²) in [5.41, 5.74) is 4.08. The zero-order valence-corrected chi connectivity index (χ0v) is 18.0. The highest BCUT2D eigenvalue weighted by atomic mass is 32.1. The van der Waals surface area contributed by atoms with Gasteiger partial charge >= 0.3 is 0 Å². The number of nitrogens with zero attached hydrogens (tertiary/aromatic N) is 2. The molecular formula is C22H28N4O2S. The number of hydrogen-bond acceptors (Lipinski definition) is 4. The summed E-state index contributed by atoms with van der Waals surface area (Å²) in [6.45, 7) is 7.61. The molecule has 0 aromatic heterocycles. The van der Waals surface area contributed by atoms with Gasteiger partial charge in [-0.3, -0.25) is 9.69 Å². The van der Waals surface area contributed by atoms with Gasteiger partial charge in [0.1, 0.15) is 5.75 Å². The fraction of sp³-hybridized carbons (Fsp3) is 0.364. The van der Waals surface area contributed by atoms with Crippen molar-refractivity contribution in [2.24, 2.45) is 0 Å². The average Bonchev–Trinajstić information content (AvgIpc) is 2.72. The van der Waals surface area contributed by atoms with Crippen LogP contribution in [0.2, 0.25) is 0 Å². The average molecular weight is 413 g/mol. The third kappa shape index (κ3) is 5.68. The van der Waals surface area contributed by atoms with Gasteiger partial charge in [-0.1, -0.05) is 18.2 Å². The molecular weight excluding hydrogens is 384 g/mol. The lowest BCUT2D eigenvalue weighted by molar-refractivity contribution is -0.117. The first kappa shape index (κ1) is 21.1. The topological polar surface area (TPSA) is 56.8 Å². The van der Waals surface area contributed by atoms with E-state index in [2.05, 4.69) is 20.4 Å². The fourth-order valence-electron chi connectivity index (χ4n) is 3.29. The second-order valence-corrected chi connectivity index (χ2v) is 7.61.